The SMILES string of the molecule is CC1(CNc2ccc(F)cc2[N+](=O)[O-])CCCCC1. The van der Waals surface area contributed by atoms with Gasteiger partial charge in [-0.15, -0.1) is 0 Å². The van der Waals surface area contributed by atoms with Crippen molar-refractivity contribution in [1.82, 2.24) is 0 Å². The summed E-state index contributed by atoms with van der Waals surface area (Å²) in [5, 5.41) is 14.0. The number of benzene rings is 1. The van der Waals surface area contributed by atoms with Crippen LogP contribution in [0.15, 0.2) is 18.2 Å². The molecule has 0 heterocycles. The minimum Gasteiger partial charge on any atom is -0.379 e. The van der Waals surface area contributed by atoms with Gasteiger partial charge in [-0.25, -0.2) is 4.39 Å². The Morgan fingerprint density at radius 1 is 1.37 bits per heavy atom. The maximum absolute atomic E-state index is 13.0. The summed E-state index contributed by atoms with van der Waals surface area (Å²) in [6, 6.07) is 3.66. The largest absolute Gasteiger partial charge is 0.379 e. The van der Waals surface area contributed by atoms with E-state index in [1.54, 1.807) is 0 Å². The van der Waals surface area contributed by atoms with Crippen molar-refractivity contribution >= 4 is 11.4 Å². The first-order chi connectivity index (χ1) is 9.00. The third-order valence-corrected chi connectivity index (χ3v) is 3.92. The van der Waals surface area contributed by atoms with Crippen LogP contribution in [0.5, 0.6) is 0 Å². The van der Waals surface area contributed by atoms with Crippen molar-refractivity contribution in [2.45, 2.75) is 39.0 Å². The van der Waals surface area contributed by atoms with Crippen molar-refractivity contribution in [2.24, 2.45) is 5.41 Å². The zero-order chi connectivity index (χ0) is 13.9. The molecular weight excluding hydrogens is 247 g/mol. The molecule has 1 fully saturated rings. The molecule has 0 aliphatic heterocycles. The Kier molecular flexibility index (Phi) is 4.02. The van der Waals surface area contributed by atoms with Gasteiger partial charge in [0.05, 0.1) is 11.0 Å². The first kappa shape index (κ1) is 13.8. The summed E-state index contributed by atoms with van der Waals surface area (Å²) >= 11 is 0. The summed E-state index contributed by atoms with van der Waals surface area (Å²) in [7, 11) is 0. The van der Waals surface area contributed by atoms with Gasteiger partial charge >= 0.3 is 0 Å². The van der Waals surface area contributed by atoms with E-state index in [1.807, 2.05) is 0 Å². The van der Waals surface area contributed by atoms with Crippen LogP contribution in [0.25, 0.3) is 0 Å². The van der Waals surface area contributed by atoms with Crippen LogP contribution in [0, 0.1) is 21.3 Å². The van der Waals surface area contributed by atoms with E-state index in [0.717, 1.165) is 18.9 Å². The molecule has 0 atom stereocenters. The molecule has 1 aliphatic rings. The highest BCUT2D eigenvalue weighted by molar-refractivity contribution is 5.61. The normalized spacial score (nSPS) is 18.0. The molecule has 0 unspecified atom stereocenters. The quantitative estimate of drug-likeness (QED) is 0.659. The van der Waals surface area contributed by atoms with Crippen molar-refractivity contribution in [1.29, 1.82) is 0 Å². The van der Waals surface area contributed by atoms with Crippen LogP contribution in [-0.4, -0.2) is 11.5 Å². The number of anilines is 1. The van der Waals surface area contributed by atoms with Crippen LogP contribution in [0.1, 0.15) is 39.0 Å². The van der Waals surface area contributed by atoms with Crippen LogP contribution in [-0.2, 0) is 0 Å². The number of nitro benzene ring substituents is 1. The van der Waals surface area contributed by atoms with Crippen molar-refractivity contribution < 1.29 is 9.31 Å². The molecule has 1 aromatic carbocycles. The van der Waals surface area contributed by atoms with Crippen molar-refractivity contribution in [3.05, 3.63) is 34.1 Å². The fraction of sp³-hybridized carbons (Fsp3) is 0.571. The van der Waals surface area contributed by atoms with Crippen molar-refractivity contribution in [2.75, 3.05) is 11.9 Å². The number of hydrogen-bond donors (Lipinski definition) is 1. The summed E-state index contributed by atoms with van der Waals surface area (Å²) in [4.78, 5) is 10.4. The van der Waals surface area contributed by atoms with Gasteiger partial charge in [0.25, 0.3) is 5.69 Å². The van der Waals surface area contributed by atoms with Gasteiger partial charge in [-0.3, -0.25) is 10.1 Å². The first-order valence-electron chi connectivity index (χ1n) is 6.68. The number of hydrogen-bond acceptors (Lipinski definition) is 3. The second-order valence-corrected chi connectivity index (χ2v) is 5.64. The molecule has 1 saturated carbocycles. The molecule has 0 amide bonds. The Morgan fingerprint density at radius 3 is 2.68 bits per heavy atom. The van der Waals surface area contributed by atoms with Gasteiger partial charge in [-0.05, 0) is 30.4 Å². The summed E-state index contributed by atoms with van der Waals surface area (Å²) in [5.74, 6) is -0.582. The summed E-state index contributed by atoms with van der Waals surface area (Å²) in [6.07, 6.45) is 5.96. The third kappa shape index (κ3) is 3.43. The van der Waals surface area contributed by atoms with Gasteiger partial charge in [0.1, 0.15) is 11.5 Å². The number of nitrogens with zero attached hydrogens (tertiary/aromatic N) is 1. The molecule has 104 valence electrons. The van der Waals surface area contributed by atoms with Gasteiger partial charge in [-0.2, -0.15) is 0 Å². The lowest BCUT2D eigenvalue weighted by Crippen LogP contribution is -2.29. The van der Waals surface area contributed by atoms with E-state index in [4.69, 9.17) is 0 Å². The molecule has 1 aromatic rings. The molecule has 4 nitrogen and oxygen atoms in total. The van der Waals surface area contributed by atoms with Gasteiger partial charge in [0, 0.05) is 6.54 Å². The van der Waals surface area contributed by atoms with E-state index >= 15 is 0 Å². The fourth-order valence-corrected chi connectivity index (χ4v) is 2.70. The van der Waals surface area contributed by atoms with Crippen LogP contribution >= 0.6 is 0 Å². The number of halogens is 1. The van der Waals surface area contributed by atoms with Crippen molar-refractivity contribution in [3.8, 4) is 0 Å². The van der Waals surface area contributed by atoms with Gasteiger partial charge < -0.3 is 5.32 Å². The molecule has 2 rings (SSSR count). The lowest BCUT2D eigenvalue weighted by Gasteiger charge is -2.33. The molecule has 0 saturated heterocycles. The summed E-state index contributed by atoms with van der Waals surface area (Å²) in [5.41, 5.74) is 0.387. The molecule has 5 heteroatoms. The number of nitrogens with one attached hydrogen (secondary N) is 1. The first-order valence-corrected chi connectivity index (χ1v) is 6.68. The maximum atomic E-state index is 13.0. The minimum absolute atomic E-state index is 0.181. The van der Waals surface area contributed by atoms with Gasteiger partial charge in [0.15, 0.2) is 0 Å². The number of nitro groups is 1. The van der Waals surface area contributed by atoms with E-state index in [-0.39, 0.29) is 11.1 Å². The Bertz CT molecular complexity index is 471. The topological polar surface area (TPSA) is 55.2 Å². The highest BCUT2D eigenvalue weighted by Crippen LogP contribution is 2.36. The maximum Gasteiger partial charge on any atom is 0.295 e. The minimum atomic E-state index is -0.582. The zero-order valence-corrected chi connectivity index (χ0v) is 11.1. The molecule has 0 spiro atoms. The van der Waals surface area contributed by atoms with Gasteiger partial charge in [-0.1, -0.05) is 26.2 Å². The second-order valence-electron chi connectivity index (χ2n) is 5.64. The monoisotopic (exact) mass is 266 g/mol. The van der Waals surface area contributed by atoms with Crippen LogP contribution in [0.4, 0.5) is 15.8 Å². The highest BCUT2D eigenvalue weighted by Gasteiger charge is 2.27. The van der Waals surface area contributed by atoms with Crippen molar-refractivity contribution in [3.63, 3.8) is 0 Å². The molecule has 0 aromatic heterocycles. The Morgan fingerprint density at radius 2 is 2.05 bits per heavy atom. The molecular formula is C14H19FN2O2. The third-order valence-electron chi connectivity index (χ3n) is 3.92. The van der Waals surface area contributed by atoms with E-state index in [9.17, 15) is 14.5 Å². The van der Waals surface area contributed by atoms with Gasteiger partial charge in [0.2, 0.25) is 0 Å². The average Bonchev–Trinajstić information content (AvgIpc) is 2.38. The standard InChI is InChI=1S/C14H19FN2O2/c1-14(7-3-2-4-8-14)10-16-12-6-5-11(15)9-13(12)17(18)19/h5-6,9,16H,2-4,7-8,10H2,1H3. The lowest BCUT2D eigenvalue weighted by molar-refractivity contribution is -0.384. The molecule has 1 aliphatic carbocycles. The zero-order valence-electron chi connectivity index (χ0n) is 11.1. The predicted molar refractivity (Wildman–Crippen MR) is 72.7 cm³/mol. The molecule has 1 N–H and O–H groups in total. The number of rotatable bonds is 4. The Balaban J connectivity index is 2.08. The van der Waals surface area contributed by atoms with Crippen LogP contribution < -0.4 is 5.32 Å². The van der Waals surface area contributed by atoms with Crippen LogP contribution in [0.2, 0.25) is 0 Å². The second kappa shape index (κ2) is 5.55. The molecule has 0 bridgehead atoms. The smallest absolute Gasteiger partial charge is 0.295 e. The summed E-state index contributed by atoms with van der Waals surface area (Å²) in [6.45, 7) is 2.90. The Hall–Kier alpha value is -1.65. The van der Waals surface area contributed by atoms with E-state index in [2.05, 4.69) is 12.2 Å². The van der Waals surface area contributed by atoms with E-state index < -0.39 is 10.7 Å². The van der Waals surface area contributed by atoms with E-state index in [1.165, 1.54) is 31.4 Å². The summed E-state index contributed by atoms with van der Waals surface area (Å²) < 4.78 is 13.0. The Labute approximate surface area is 112 Å². The predicted octanol–water partition coefficient (Wildman–Crippen LogP) is 4.12. The lowest BCUT2D eigenvalue weighted by atomic mass is 9.76. The van der Waals surface area contributed by atoms with Crippen LogP contribution in [0.3, 0.4) is 0 Å². The molecule has 0 radical (unpaired) electrons. The molecule has 19 heavy (non-hydrogen) atoms. The fourth-order valence-electron chi connectivity index (χ4n) is 2.70. The average molecular weight is 266 g/mol. The highest BCUT2D eigenvalue weighted by atomic mass is 19.1. The van der Waals surface area contributed by atoms with E-state index in [0.29, 0.717) is 12.2 Å².